The van der Waals surface area contributed by atoms with Crippen LogP contribution in [0.15, 0.2) is 60.8 Å². The fraction of sp³-hybridized carbons (Fsp3) is 0.827. The van der Waals surface area contributed by atoms with Crippen LogP contribution >= 0.6 is 15.6 Å². The molecule has 0 radical (unpaired) electrons. The maximum Gasteiger partial charge on any atom is 0.472 e. The Morgan fingerprint density at radius 1 is 0.280 bits per heavy atom. The second kappa shape index (κ2) is 74.0. The molecule has 2 unspecified atom stereocenters. The first kappa shape index (κ1) is 96.8. The summed E-state index contributed by atoms with van der Waals surface area (Å²) in [5, 5.41) is 10.6. The summed E-state index contributed by atoms with van der Waals surface area (Å²) in [5.74, 6) is -2.19. The van der Waals surface area contributed by atoms with Crippen LogP contribution in [0.2, 0.25) is 0 Å². The van der Waals surface area contributed by atoms with E-state index in [9.17, 15) is 43.2 Å². The summed E-state index contributed by atoms with van der Waals surface area (Å²) in [4.78, 5) is 73.0. The summed E-state index contributed by atoms with van der Waals surface area (Å²) in [7, 11) is -9.95. The number of aliphatic hydroxyl groups excluding tert-OH is 1. The number of rotatable bonds is 77. The minimum absolute atomic E-state index is 0.0855. The van der Waals surface area contributed by atoms with Crippen molar-refractivity contribution < 1.29 is 80.2 Å². The molecule has 0 heterocycles. The molecule has 584 valence electrons. The molecule has 100 heavy (non-hydrogen) atoms. The van der Waals surface area contributed by atoms with E-state index in [2.05, 4.69) is 88.5 Å². The zero-order valence-corrected chi connectivity index (χ0v) is 65.7. The van der Waals surface area contributed by atoms with Crippen molar-refractivity contribution in [2.75, 3.05) is 39.6 Å². The average molecular weight is 1460 g/mol. The van der Waals surface area contributed by atoms with Crippen molar-refractivity contribution >= 4 is 39.5 Å². The molecule has 0 spiro atoms. The largest absolute Gasteiger partial charge is 0.472 e. The first-order chi connectivity index (χ1) is 48.7. The van der Waals surface area contributed by atoms with E-state index < -0.39 is 97.5 Å². The van der Waals surface area contributed by atoms with Crippen LogP contribution in [0.1, 0.15) is 374 Å². The van der Waals surface area contributed by atoms with Gasteiger partial charge in [0.15, 0.2) is 12.2 Å². The van der Waals surface area contributed by atoms with Crippen molar-refractivity contribution in [1.82, 2.24) is 0 Å². The lowest BCUT2D eigenvalue weighted by atomic mass is 10.1. The lowest BCUT2D eigenvalue weighted by Gasteiger charge is -2.21. The number of phosphoric acid groups is 2. The molecular weight excluding hydrogens is 1310 g/mol. The van der Waals surface area contributed by atoms with Crippen LogP contribution < -0.4 is 0 Å². The van der Waals surface area contributed by atoms with Gasteiger partial charge in [-0.15, -0.1) is 0 Å². The Morgan fingerprint density at radius 2 is 0.490 bits per heavy atom. The van der Waals surface area contributed by atoms with Crippen LogP contribution in [-0.2, 0) is 65.4 Å². The Labute approximate surface area is 610 Å². The zero-order chi connectivity index (χ0) is 73.2. The van der Waals surface area contributed by atoms with E-state index in [-0.39, 0.29) is 25.7 Å². The summed E-state index contributed by atoms with van der Waals surface area (Å²) in [6.07, 6.45) is 73.3. The van der Waals surface area contributed by atoms with E-state index in [1.54, 1.807) is 0 Å². The van der Waals surface area contributed by atoms with E-state index in [0.29, 0.717) is 25.7 Å². The molecule has 19 heteroatoms. The minimum Gasteiger partial charge on any atom is -0.462 e. The topological polar surface area (TPSA) is 237 Å². The highest BCUT2D eigenvalue weighted by molar-refractivity contribution is 7.47. The highest BCUT2D eigenvalue weighted by Crippen LogP contribution is 2.45. The van der Waals surface area contributed by atoms with Gasteiger partial charge < -0.3 is 33.8 Å². The Balaban J connectivity index is 5.36. The highest BCUT2D eigenvalue weighted by atomic mass is 31.2. The SMILES string of the molecule is CCCCC/C=C\C/C=C\CCCCCCCC(=O)OC[C@H](COP(=O)(O)OC[C@H](O)COP(=O)(O)OC[C@@H](COC(=O)CCCCCCC/C=C\CCCCCCCC)OC(=O)CCCCCCC/C=C\CCCCCCCC)OC(=O)CCCCCCC/C=C\CCCCCCCC. The number of esters is 4. The smallest absolute Gasteiger partial charge is 0.462 e. The van der Waals surface area contributed by atoms with Crippen LogP contribution in [0.5, 0.6) is 0 Å². The molecule has 0 amide bonds. The Bertz CT molecular complexity index is 2130. The van der Waals surface area contributed by atoms with Crippen LogP contribution in [0.4, 0.5) is 0 Å². The van der Waals surface area contributed by atoms with Gasteiger partial charge in [-0.05, 0) is 135 Å². The normalized spacial score (nSPS) is 14.2. The monoisotopic (exact) mass is 1460 g/mol. The van der Waals surface area contributed by atoms with Crippen molar-refractivity contribution in [2.24, 2.45) is 0 Å². The standard InChI is InChI=1S/C81H148O17P2/c1-5-9-13-17-21-25-29-33-37-41-45-49-53-57-61-65-78(83)91-71-76(97-80(85)67-63-59-55-51-47-43-39-35-31-27-23-19-15-11-7-3)73-95-99(87,88)93-69-75(82)70-94-100(89,90)96-74-77(98-81(86)68-64-60-56-52-48-44-40-36-32-28-24-20-16-12-8-4)72-92-79(84)66-62-58-54-50-46-42-38-34-30-26-22-18-14-10-6-2/h21,25,33-40,75-77,82H,5-20,22-24,26-32,41-74H2,1-4H3,(H,87,88)(H,89,90)/b25-21-,37-33-,38-34-,39-35-,40-36-/t75-,76+,77+/m0/s1. The van der Waals surface area contributed by atoms with Gasteiger partial charge in [-0.1, -0.05) is 275 Å². The van der Waals surface area contributed by atoms with Crippen LogP contribution in [-0.4, -0.2) is 96.7 Å². The minimum atomic E-state index is -4.98. The van der Waals surface area contributed by atoms with Gasteiger partial charge in [0.25, 0.3) is 0 Å². The number of carbonyl (C=O) groups excluding carboxylic acids is 4. The number of hydrogen-bond acceptors (Lipinski definition) is 15. The molecule has 3 N–H and O–H groups in total. The van der Waals surface area contributed by atoms with Gasteiger partial charge in [-0.3, -0.25) is 37.3 Å². The molecule has 17 nitrogen and oxygen atoms in total. The second-order valence-electron chi connectivity index (χ2n) is 27.3. The molecular formula is C81H148O17P2. The number of hydrogen-bond donors (Lipinski definition) is 3. The molecule has 0 saturated heterocycles. The van der Waals surface area contributed by atoms with E-state index >= 15 is 0 Å². The van der Waals surface area contributed by atoms with Gasteiger partial charge in [-0.25, -0.2) is 9.13 Å². The van der Waals surface area contributed by atoms with Crippen molar-refractivity contribution in [1.29, 1.82) is 0 Å². The van der Waals surface area contributed by atoms with Crippen molar-refractivity contribution in [3.05, 3.63) is 60.8 Å². The van der Waals surface area contributed by atoms with Gasteiger partial charge in [0.05, 0.1) is 26.4 Å². The molecule has 0 aliphatic heterocycles. The van der Waals surface area contributed by atoms with Gasteiger partial charge >= 0.3 is 39.5 Å². The molecule has 5 atom stereocenters. The van der Waals surface area contributed by atoms with Crippen LogP contribution in [0.25, 0.3) is 0 Å². The highest BCUT2D eigenvalue weighted by Gasteiger charge is 2.30. The fourth-order valence-corrected chi connectivity index (χ4v) is 12.8. The van der Waals surface area contributed by atoms with E-state index in [0.717, 1.165) is 161 Å². The molecule has 0 rings (SSSR count). The average Bonchev–Trinajstić information content (AvgIpc) is 1.01. The lowest BCUT2D eigenvalue weighted by Crippen LogP contribution is -2.30. The molecule has 0 aromatic heterocycles. The number of carbonyl (C=O) groups is 4. The van der Waals surface area contributed by atoms with Crippen LogP contribution in [0, 0.1) is 0 Å². The van der Waals surface area contributed by atoms with Gasteiger partial charge in [0.2, 0.25) is 0 Å². The Morgan fingerprint density at radius 3 is 0.770 bits per heavy atom. The van der Waals surface area contributed by atoms with E-state index in [1.807, 2.05) is 0 Å². The number of unbranched alkanes of at least 4 members (excludes halogenated alkanes) is 41. The van der Waals surface area contributed by atoms with Crippen LogP contribution in [0.3, 0.4) is 0 Å². The third-order valence-corrected chi connectivity index (χ3v) is 19.3. The number of phosphoric ester groups is 2. The van der Waals surface area contributed by atoms with E-state index in [1.165, 1.54) is 135 Å². The predicted octanol–water partition coefficient (Wildman–Crippen LogP) is 23.5. The third kappa shape index (κ3) is 73.1. The molecule has 0 aromatic rings. The van der Waals surface area contributed by atoms with Gasteiger partial charge in [0, 0.05) is 25.7 Å². The summed E-state index contributed by atoms with van der Waals surface area (Å²) in [5.41, 5.74) is 0. The maximum atomic E-state index is 13.1. The number of allylic oxidation sites excluding steroid dienone is 10. The summed E-state index contributed by atoms with van der Waals surface area (Å²) < 4.78 is 68.6. The second-order valence-corrected chi connectivity index (χ2v) is 30.3. The molecule has 0 aliphatic carbocycles. The third-order valence-electron chi connectivity index (χ3n) is 17.4. The van der Waals surface area contributed by atoms with Crippen molar-refractivity contribution in [3.8, 4) is 0 Å². The Hall–Kier alpha value is -3.24. The number of ether oxygens (including phenoxy) is 4. The summed E-state index contributed by atoms with van der Waals surface area (Å²) in [6.45, 7) is 4.86. The van der Waals surface area contributed by atoms with Crippen molar-refractivity contribution in [3.63, 3.8) is 0 Å². The molecule has 0 aliphatic rings. The fourth-order valence-electron chi connectivity index (χ4n) is 11.2. The summed E-state index contributed by atoms with van der Waals surface area (Å²) >= 11 is 0. The maximum absolute atomic E-state index is 13.1. The molecule has 0 bridgehead atoms. The Kier molecular flexibility index (Phi) is 71.6. The van der Waals surface area contributed by atoms with Gasteiger partial charge in [0.1, 0.15) is 19.3 Å². The van der Waals surface area contributed by atoms with Crippen molar-refractivity contribution in [2.45, 2.75) is 393 Å². The molecule has 0 fully saturated rings. The number of aliphatic hydroxyl groups is 1. The molecule has 0 aromatic carbocycles. The molecule has 0 saturated carbocycles. The van der Waals surface area contributed by atoms with E-state index in [4.69, 9.17) is 37.0 Å². The lowest BCUT2D eigenvalue weighted by molar-refractivity contribution is -0.161. The summed E-state index contributed by atoms with van der Waals surface area (Å²) in [6, 6.07) is 0. The predicted molar refractivity (Wildman–Crippen MR) is 409 cm³/mol. The van der Waals surface area contributed by atoms with Gasteiger partial charge in [-0.2, -0.15) is 0 Å². The quantitative estimate of drug-likeness (QED) is 0.0169. The zero-order valence-electron chi connectivity index (χ0n) is 63.9. The first-order valence-electron chi connectivity index (χ1n) is 40.5. The first-order valence-corrected chi connectivity index (χ1v) is 43.5.